The predicted molar refractivity (Wildman–Crippen MR) is 96.7 cm³/mol. The van der Waals surface area contributed by atoms with Gasteiger partial charge in [0.2, 0.25) is 10.0 Å². The normalized spacial score (nSPS) is 11.6. The number of benzene rings is 1. The Kier molecular flexibility index (Phi) is 5.43. The van der Waals surface area contributed by atoms with E-state index in [1.807, 2.05) is 24.3 Å². The van der Waals surface area contributed by atoms with E-state index in [0.717, 1.165) is 22.6 Å². The molecule has 0 bridgehead atoms. The summed E-state index contributed by atoms with van der Waals surface area (Å²) in [5.41, 5.74) is 1.50. The van der Waals surface area contributed by atoms with Crippen molar-refractivity contribution in [3.63, 3.8) is 0 Å². The third-order valence-corrected chi connectivity index (χ3v) is 6.58. The standard InChI is InChI=1S/C16H15ClN2O4S2/c1-22-13-4-2-3-11(9-13)14-10-12(19-23-14)7-8-18-25(20,21)16-6-5-15(17)24-16/h2-6,9-10,18H,7-8H2,1H3. The van der Waals surface area contributed by atoms with Gasteiger partial charge in [0, 0.05) is 24.6 Å². The predicted octanol–water partition coefficient (Wildman–Crippen LogP) is 3.59. The molecule has 0 saturated heterocycles. The highest BCUT2D eigenvalue weighted by Gasteiger charge is 2.16. The van der Waals surface area contributed by atoms with Crippen molar-refractivity contribution in [1.82, 2.24) is 9.88 Å². The molecule has 3 aromatic rings. The van der Waals surface area contributed by atoms with E-state index >= 15 is 0 Å². The molecule has 1 aromatic carbocycles. The third kappa shape index (κ3) is 4.40. The zero-order chi connectivity index (χ0) is 17.9. The van der Waals surface area contributed by atoms with Crippen LogP contribution in [0.2, 0.25) is 4.34 Å². The molecular formula is C16H15ClN2O4S2. The smallest absolute Gasteiger partial charge is 0.250 e. The number of hydrogen-bond donors (Lipinski definition) is 1. The van der Waals surface area contributed by atoms with Crippen LogP contribution in [0.1, 0.15) is 5.69 Å². The molecule has 0 fully saturated rings. The summed E-state index contributed by atoms with van der Waals surface area (Å²) < 4.78 is 37.9. The van der Waals surface area contributed by atoms with E-state index in [1.165, 1.54) is 6.07 Å². The first kappa shape index (κ1) is 17.9. The van der Waals surface area contributed by atoms with Crippen LogP contribution in [0.25, 0.3) is 11.3 Å². The lowest BCUT2D eigenvalue weighted by Gasteiger charge is -2.02. The highest BCUT2D eigenvalue weighted by atomic mass is 35.5. The van der Waals surface area contributed by atoms with Gasteiger partial charge in [-0.3, -0.25) is 0 Å². The van der Waals surface area contributed by atoms with Crippen molar-refractivity contribution in [2.24, 2.45) is 0 Å². The van der Waals surface area contributed by atoms with Crippen LogP contribution in [-0.4, -0.2) is 27.2 Å². The Morgan fingerprint density at radius 3 is 2.84 bits per heavy atom. The molecule has 0 atom stereocenters. The molecule has 2 heterocycles. The number of sulfonamides is 1. The van der Waals surface area contributed by atoms with Crippen LogP contribution in [0.4, 0.5) is 0 Å². The van der Waals surface area contributed by atoms with Crippen molar-refractivity contribution in [3.05, 3.63) is 52.5 Å². The maximum Gasteiger partial charge on any atom is 0.250 e. The van der Waals surface area contributed by atoms with Gasteiger partial charge in [0.25, 0.3) is 0 Å². The Bertz CT molecular complexity index is 966. The van der Waals surface area contributed by atoms with Gasteiger partial charge in [0.15, 0.2) is 5.76 Å². The van der Waals surface area contributed by atoms with Crippen molar-refractivity contribution in [3.8, 4) is 17.1 Å². The summed E-state index contributed by atoms with van der Waals surface area (Å²) in [6.45, 7) is 0.210. The first-order chi connectivity index (χ1) is 12.0. The minimum Gasteiger partial charge on any atom is -0.497 e. The molecule has 0 radical (unpaired) electrons. The number of nitrogens with zero attached hydrogens (tertiary/aromatic N) is 1. The quantitative estimate of drug-likeness (QED) is 0.657. The molecule has 0 spiro atoms. The van der Waals surface area contributed by atoms with Gasteiger partial charge in [-0.05, 0) is 24.3 Å². The largest absolute Gasteiger partial charge is 0.497 e. The molecule has 6 nitrogen and oxygen atoms in total. The molecule has 0 aliphatic carbocycles. The van der Waals surface area contributed by atoms with Crippen molar-refractivity contribution >= 4 is 33.0 Å². The number of nitrogens with one attached hydrogen (secondary N) is 1. The molecule has 9 heteroatoms. The SMILES string of the molecule is COc1cccc(-c2cc(CCNS(=O)(=O)c3ccc(Cl)s3)no2)c1. The number of aromatic nitrogens is 1. The van der Waals surface area contributed by atoms with Gasteiger partial charge in [-0.15, -0.1) is 11.3 Å². The molecular weight excluding hydrogens is 384 g/mol. The number of ether oxygens (including phenoxy) is 1. The van der Waals surface area contributed by atoms with Crippen molar-refractivity contribution in [2.75, 3.05) is 13.7 Å². The van der Waals surface area contributed by atoms with Crippen LogP contribution in [0.5, 0.6) is 5.75 Å². The zero-order valence-corrected chi connectivity index (χ0v) is 15.6. The van der Waals surface area contributed by atoms with E-state index in [0.29, 0.717) is 22.2 Å². The average Bonchev–Trinajstić information content (AvgIpc) is 3.24. The summed E-state index contributed by atoms with van der Waals surface area (Å²) in [5, 5.41) is 3.98. The molecule has 132 valence electrons. The van der Waals surface area contributed by atoms with Crippen LogP contribution < -0.4 is 9.46 Å². The Morgan fingerprint density at radius 1 is 1.28 bits per heavy atom. The summed E-state index contributed by atoms with van der Waals surface area (Å²) in [4.78, 5) is 0. The van der Waals surface area contributed by atoms with Gasteiger partial charge in [0.1, 0.15) is 9.96 Å². The lowest BCUT2D eigenvalue weighted by atomic mass is 10.1. The number of thiophene rings is 1. The molecule has 25 heavy (non-hydrogen) atoms. The van der Waals surface area contributed by atoms with Gasteiger partial charge in [-0.25, -0.2) is 13.1 Å². The Hall–Kier alpha value is -1.87. The van der Waals surface area contributed by atoms with Gasteiger partial charge >= 0.3 is 0 Å². The van der Waals surface area contributed by atoms with Gasteiger partial charge in [0.05, 0.1) is 17.1 Å². The monoisotopic (exact) mass is 398 g/mol. The van der Waals surface area contributed by atoms with E-state index in [4.69, 9.17) is 20.9 Å². The van der Waals surface area contributed by atoms with Crippen molar-refractivity contribution in [2.45, 2.75) is 10.6 Å². The minimum atomic E-state index is -3.55. The fraction of sp³-hybridized carbons (Fsp3) is 0.188. The van der Waals surface area contributed by atoms with Gasteiger partial charge in [-0.2, -0.15) is 0 Å². The van der Waals surface area contributed by atoms with Crippen LogP contribution in [0, 0.1) is 0 Å². The maximum absolute atomic E-state index is 12.1. The first-order valence-corrected chi connectivity index (χ1v) is 10.0. The van der Waals surface area contributed by atoms with Crippen molar-refractivity contribution in [1.29, 1.82) is 0 Å². The summed E-state index contributed by atoms with van der Waals surface area (Å²) in [6.07, 6.45) is 0.409. The Balaban J connectivity index is 1.62. The topological polar surface area (TPSA) is 81.4 Å². The van der Waals surface area contributed by atoms with Gasteiger partial charge in [-0.1, -0.05) is 28.9 Å². The summed E-state index contributed by atoms with van der Waals surface area (Å²) in [5.74, 6) is 1.32. The second-order valence-corrected chi connectivity index (χ2v) is 8.83. The zero-order valence-electron chi connectivity index (χ0n) is 13.2. The van der Waals surface area contributed by atoms with Crippen LogP contribution in [-0.2, 0) is 16.4 Å². The average molecular weight is 399 g/mol. The lowest BCUT2D eigenvalue weighted by molar-refractivity contribution is 0.412. The first-order valence-electron chi connectivity index (χ1n) is 7.33. The van der Waals surface area contributed by atoms with E-state index in [1.54, 1.807) is 19.2 Å². The van der Waals surface area contributed by atoms with E-state index in [9.17, 15) is 8.42 Å². The fourth-order valence-corrected chi connectivity index (χ4v) is 4.73. The molecule has 0 aliphatic heterocycles. The van der Waals surface area contributed by atoms with E-state index in [2.05, 4.69) is 9.88 Å². The molecule has 0 aliphatic rings. The Labute approximate surface area is 154 Å². The van der Waals surface area contributed by atoms with Gasteiger partial charge < -0.3 is 9.26 Å². The third-order valence-electron chi connectivity index (χ3n) is 3.40. The molecule has 3 rings (SSSR count). The number of hydrogen-bond acceptors (Lipinski definition) is 6. The minimum absolute atomic E-state index is 0.190. The van der Waals surface area contributed by atoms with Crippen LogP contribution >= 0.6 is 22.9 Å². The number of methoxy groups -OCH3 is 1. The fourth-order valence-electron chi connectivity index (χ4n) is 2.17. The van der Waals surface area contributed by atoms with E-state index < -0.39 is 10.0 Å². The molecule has 0 amide bonds. The molecule has 2 aromatic heterocycles. The highest BCUT2D eigenvalue weighted by Crippen LogP contribution is 2.26. The highest BCUT2D eigenvalue weighted by molar-refractivity contribution is 7.91. The van der Waals surface area contributed by atoms with Crippen LogP contribution in [0.15, 0.2) is 51.2 Å². The summed E-state index contributed by atoms with van der Waals surface area (Å²) in [7, 11) is -1.96. The lowest BCUT2D eigenvalue weighted by Crippen LogP contribution is -2.25. The Morgan fingerprint density at radius 2 is 2.12 bits per heavy atom. The van der Waals surface area contributed by atoms with Crippen LogP contribution in [0.3, 0.4) is 0 Å². The maximum atomic E-state index is 12.1. The van der Waals surface area contributed by atoms with E-state index in [-0.39, 0.29) is 10.8 Å². The second kappa shape index (κ2) is 7.57. The second-order valence-electron chi connectivity index (χ2n) is 5.12. The number of halogens is 1. The summed E-state index contributed by atoms with van der Waals surface area (Å²) in [6, 6.07) is 12.2. The molecule has 0 unspecified atom stereocenters. The van der Waals surface area contributed by atoms with Crippen molar-refractivity contribution < 1.29 is 17.7 Å². The number of rotatable bonds is 7. The summed E-state index contributed by atoms with van der Waals surface area (Å²) >= 11 is 6.79. The molecule has 0 saturated carbocycles. The molecule has 1 N–H and O–H groups in total.